The fourth-order valence-corrected chi connectivity index (χ4v) is 3.09. The molecule has 0 aliphatic carbocycles. The van der Waals surface area contributed by atoms with Gasteiger partial charge in [-0.25, -0.2) is 9.78 Å². The normalized spacial score (nSPS) is 10.7. The van der Waals surface area contributed by atoms with Crippen LogP contribution >= 0.6 is 15.9 Å². The third kappa shape index (κ3) is 3.88. The first-order valence-electron chi connectivity index (χ1n) is 8.42. The minimum Gasteiger partial charge on any atom is -0.457 e. The minimum atomic E-state index is -0.369. The molecule has 2 aromatic heterocycles. The molecule has 0 unspecified atom stereocenters. The third-order valence-corrected chi connectivity index (χ3v) is 4.72. The molecule has 0 saturated heterocycles. The number of carbonyl (C=O) groups excluding carboxylic acids is 1. The molecule has 4 aromatic rings. The van der Waals surface area contributed by atoms with E-state index in [2.05, 4.69) is 25.9 Å². The summed E-state index contributed by atoms with van der Waals surface area (Å²) in [6.45, 7) is 0.216. The van der Waals surface area contributed by atoms with Gasteiger partial charge in [-0.05, 0) is 42.0 Å². The van der Waals surface area contributed by atoms with Crippen molar-refractivity contribution in [3.63, 3.8) is 0 Å². The van der Waals surface area contributed by atoms with E-state index in [0.29, 0.717) is 11.3 Å². The molecule has 0 N–H and O–H groups in total. The monoisotopic (exact) mass is 418 g/mol. The van der Waals surface area contributed by atoms with Crippen molar-refractivity contribution < 1.29 is 9.53 Å². The van der Waals surface area contributed by atoms with E-state index in [1.807, 2.05) is 60.7 Å². The number of halogens is 1. The molecule has 4 nitrogen and oxygen atoms in total. The van der Waals surface area contributed by atoms with Gasteiger partial charge in [-0.3, -0.25) is 4.98 Å². The molecule has 0 radical (unpaired) electrons. The van der Waals surface area contributed by atoms with Crippen molar-refractivity contribution in [3.05, 3.63) is 94.7 Å². The number of fused-ring (bicyclic) bond motifs is 1. The lowest BCUT2D eigenvalue weighted by Gasteiger charge is -2.10. The number of hydrogen-bond donors (Lipinski definition) is 0. The zero-order chi connectivity index (χ0) is 18.6. The highest BCUT2D eigenvalue weighted by Gasteiger charge is 2.15. The van der Waals surface area contributed by atoms with Gasteiger partial charge in [-0.2, -0.15) is 0 Å². The Balaban J connectivity index is 1.69. The van der Waals surface area contributed by atoms with Crippen LogP contribution in [0, 0.1) is 0 Å². The van der Waals surface area contributed by atoms with Crippen LogP contribution < -0.4 is 0 Å². The predicted octanol–water partition coefficient (Wildman–Crippen LogP) is 5.42. The largest absolute Gasteiger partial charge is 0.457 e. The number of rotatable bonds is 4. The van der Waals surface area contributed by atoms with Crippen molar-refractivity contribution in [1.29, 1.82) is 0 Å². The van der Waals surface area contributed by atoms with Crippen LogP contribution in [0.3, 0.4) is 0 Å². The number of carbonyl (C=O) groups is 1. The van der Waals surface area contributed by atoms with E-state index in [4.69, 9.17) is 4.74 Å². The predicted molar refractivity (Wildman–Crippen MR) is 108 cm³/mol. The minimum absolute atomic E-state index is 0.216. The molecule has 0 aliphatic heterocycles. The summed E-state index contributed by atoms with van der Waals surface area (Å²) >= 11 is 3.40. The third-order valence-electron chi connectivity index (χ3n) is 4.20. The zero-order valence-corrected chi connectivity index (χ0v) is 15.9. The van der Waals surface area contributed by atoms with Crippen LogP contribution in [0.1, 0.15) is 15.9 Å². The summed E-state index contributed by atoms with van der Waals surface area (Å²) in [5.74, 6) is -0.369. The fraction of sp³-hybridized carbons (Fsp3) is 0.0455. The molecule has 27 heavy (non-hydrogen) atoms. The average Bonchev–Trinajstić information content (AvgIpc) is 2.73. The van der Waals surface area contributed by atoms with Gasteiger partial charge in [0.15, 0.2) is 0 Å². The fourth-order valence-electron chi connectivity index (χ4n) is 2.82. The van der Waals surface area contributed by atoms with E-state index >= 15 is 0 Å². The van der Waals surface area contributed by atoms with Gasteiger partial charge < -0.3 is 4.74 Å². The molecule has 0 atom stereocenters. The Bertz CT molecular complexity index is 1100. The Labute approximate surface area is 165 Å². The SMILES string of the molecule is O=C(OCc1ccc(Br)cc1)c1cc(-c2ccncc2)nc2ccccc12. The summed E-state index contributed by atoms with van der Waals surface area (Å²) < 4.78 is 6.54. The lowest BCUT2D eigenvalue weighted by Crippen LogP contribution is -2.07. The quantitative estimate of drug-likeness (QED) is 0.415. The van der Waals surface area contributed by atoms with Crippen molar-refractivity contribution >= 4 is 32.8 Å². The highest BCUT2D eigenvalue weighted by atomic mass is 79.9. The lowest BCUT2D eigenvalue weighted by molar-refractivity contribution is 0.0475. The maximum atomic E-state index is 12.8. The lowest BCUT2D eigenvalue weighted by atomic mass is 10.0. The van der Waals surface area contributed by atoms with E-state index in [1.165, 1.54) is 0 Å². The van der Waals surface area contributed by atoms with Gasteiger partial charge >= 0.3 is 5.97 Å². The number of pyridine rings is 2. The van der Waals surface area contributed by atoms with Crippen LogP contribution in [0.15, 0.2) is 83.6 Å². The number of hydrogen-bond acceptors (Lipinski definition) is 4. The van der Waals surface area contributed by atoms with E-state index in [9.17, 15) is 4.79 Å². The van der Waals surface area contributed by atoms with Gasteiger partial charge in [-0.1, -0.05) is 46.3 Å². The first kappa shape index (κ1) is 17.4. The number of nitrogens with zero attached hydrogens (tertiary/aromatic N) is 2. The molecule has 0 fully saturated rings. The van der Waals surface area contributed by atoms with E-state index in [0.717, 1.165) is 26.5 Å². The molecule has 0 bridgehead atoms. The Hall–Kier alpha value is -3.05. The summed E-state index contributed by atoms with van der Waals surface area (Å²) in [6.07, 6.45) is 3.41. The van der Waals surface area contributed by atoms with Crippen LogP contribution in [0.5, 0.6) is 0 Å². The number of para-hydroxylation sites is 1. The Kier molecular flexibility index (Phi) is 4.94. The molecule has 0 spiro atoms. The Morgan fingerprint density at radius 2 is 1.70 bits per heavy atom. The summed E-state index contributed by atoms with van der Waals surface area (Å²) in [5, 5.41) is 0.774. The maximum Gasteiger partial charge on any atom is 0.339 e. The van der Waals surface area contributed by atoms with Gasteiger partial charge in [0.2, 0.25) is 0 Å². The Morgan fingerprint density at radius 3 is 2.48 bits per heavy atom. The van der Waals surface area contributed by atoms with Crippen LogP contribution in [0.25, 0.3) is 22.2 Å². The molecule has 0 aliphatic rings. The smallest absolute Gasteiger partial charge is 0.339 e. The van der Waals surface area contributed by atoms with Crippen LogP contribution in [0.2, 0.25) is 0 Å². The first-order valence-corrected chi connectivity index (χ1v) is 9.22. The number of esters is 1. The van der Waals surface area contributed by atoms with Gasteiger partial charge in [0, 0.05) is 27.8 Å². The highest BCUT2D eigenvalue weighted by molar-refractivity contribution is 9.10. The first-order chi connectivity index (χ1) is 13.2. The second-order valence-corrected chi connectivity index (χ2v) is 6.93. The van der Waals surface area contributed by atoms with Crippen LogP contribution in [0.4, 0.5) is 0 Å². The summed E-state index contributed by atoms with van der Waals surface area (Å²) in [6, 6.07) is 20.8. The maximum absolute atomic E-state index is 12.8. The molecule has 2 heterocycles. The molecule has 0 saturated carbocycles. The van der Waals surface area contributed by atoms with Crippen molar-refractivity contribution in [2.75, 3.05) is 0 Å². The number of aromatic nitrogens is 2. The zero-order valence-electron chi connectivity index (χ0n) is 14.3. The van der Waals surface area contributed by atoms with Crippen molar-refractivity contribution in [2.24, 2.45) is 0 Å². The van der Waals surface area contributed by atoms with Crippen LogP contribution in [-0.2, 0) is 11.3 Å². The van der Waals surface area contributed by atoms with Gasteiger partial charge in [0.1, 0.15) is 6.61 Å². The molecule has 0 amide bonds. The van der Waals surface area contributed by atoms with Crippen molar-refractivity contribution in [1.82, 2.24) is 9.97 Å². The molecule has 132 valence electrons. The van der Waals surface area contributed by atoms with E-state index in [1.54, 1.807) is 18.5 Å². The highest BCUT2D eigenvalue weighted by Crippen LogP contribution is 2.25. The van der Waals surface area contributed by atoms with Crippen molar-refractivity contribution in [3.8, 4) is 11.3 Å². The summed E-state index contributed by atoms with van der Waals surface area (Å²) in [4.78, 5) is 21.5. The molecule has 4 rings (SSSR count). The molecular formula is C22H15BrN2O2. The number of benzene rings is 2. The molecule has 2 aromatic carbocycles. The summed E-state index contributed by atoms with van der Waals surface area (Å²) in [5.41, 5.74) is 3.80. The molecular weight excluding hydrogens is 404 g/mol. The van der Waals surface area contributed by atoms with Gasteiger partial charge in [0.05, 0.1) is 16.8 Å². The van der Waals surface area contributed by atoms with Crippen molar-refractivity contribution in [2.45, 2.75) is 6.61 Å². The van der Waals surface area contributed by atoms with E-state index in [-0.39, 0.29) is 12.6 Å². The molecule has 5 heteroatoms. The Morgan fingerprint density at radius 1 is 0.963 bits per heavy atom. The van der Waals surface area contributed by atoms with E-state index < -0.39 is 0 Å². The van der Waals surface area contributed by atoms with Gasteiger partial charge in [-0.15, -0.1) is 0 Å². The standard InChI is InChI=1S/C22H15BrN2O2/c23-17-7-5-15(6-8-17)14-27-22(26)19-13-21(16-9-11-24-12-10-16)25-20-4-2-1-3-18(19)20/h1-13H,14H2. The summed E-state index contributed by atoms with van der Waals surface area (Å²) in [7, 11) is 0. The van der Waals surface area contributed by atoms with Gasteiger partial charge in [0.25, 0.3) is 0 Å². The second kappa shape index (κ2) is 7.68. The second-order valence-electron chi connectivity index (χ2n) is 6.01. The number of ether oxygens (including phenoxy) is 1. The van der Waals surface area contributed by atoms with Crippen LogP contribution in [-0.4, -0.2) is 15.9 Å². The average molecular weight is 419 g/mol. The topological polar surface area (TPSA) is 52.1 Å².